The average molecular weight is 375 g/mol. The van der Waals surface area contributed by atoms with Gasteiger partial charge >= 0.3 is 0 Å². The molecular formula is C20H26N2O3S. The molecule has 5 nitrogen and oxygen atoms in total. The van der Waals surface area contributed by atoms with E-state index in [0.29, 0.717) is 24.8 Å². The van der Waals surface area contributed by atoms with Crippen LogP contribution in [0.25, 0.3) is 0 Å². The SMILES string of the molecule is CCOc1ccc(CN(C)C(=S)NCc2ccc(OC)cc2)cc1OC. The van der Waals surface area contributed by atoms with Crippen LogP contribution in [0.4, 0.5) is 0 Å². The molecule has 140 valence electrons. The van der Waals surface area contributed by atoms with Crippen LogP contribution in [0, 0.1) is 0 Å². The van der Waals surface area contributed by atoms with Crippen LogP contribution in [0.5, 0.6) is 17.2 Å². The molecule has 26 heavy (non-hydrogen) atoms. The standard InChI is InChI=1S/C20H26N2O3S/c1-5-25-18-11-8-16(12-19(18)24-4)14-22(2)20(26)21-13-15-6-9-17(23-3)10-7-15/h6-12H,5,13-14H2,1-4H3,(H,21,26). The molecule has 0 unspecified atom stereocenters. The molecule has 0 atom stereocenters. The van der Waals surface area contributed by atoms with E-state index in [9.17, 15) is 0 Å². The van der Waals surface area contributed by atoms with Crippen LogP contribution in [0.2, 0.25) is 0 Å². The molecule has 0 saturated heterocycles. The lowest BCUT2D eigenvalue weighted by Crippen LogP contribution is -2.36. The molecule has 0 spiro atoms. The van der Waals surface area contributed by atoms with Crippen molar-refractivity contribution in [1.82, 2.24) is 10.2 Å². The van der Waals surface area contributed by atoms with Crippen molar-refractivity contribution in [2.45, 2.75) is 20.0 Å². The van der Waals surface area contributed by atoms with Gasteiger partial charge in [-0.1, -0.05) is 18.2 Å². The zero-order valence-electron chi connectivity index (χ0n) is 15.7. The van der Waals surface area contributed by atoms with E-state index in [2.05, 4.69) is 5.32 Å². The summed E-state index contributed by atoms with van der Waals surface area (Å²) >= 11 is 5.49. The number of nitrogens with one attached hydrogen (secondary N) is 1. The lowest BCUT2D eigenvalue weighted by atomic mass is 10.2. The third-order valence-corrected chi connectivity index (χ3v) is 4.35. The van der Waals surface area contributed by atoms with Crippen molar-refractivity contribution in [2.24, 2.45) is 0 Å². The molecule has 2 aromatic rings. The van der Waals surface area contributed by atoms with Gasteiger partial charge in [0.15, 0.2) is 16.6 Å². The van der Waals surface area contributed by atoms with Crippen molar-refractivity contribution in [2.75, 3.05) is 27.9 Å². The number of benzene rings is 2. The summed E-state index contributed by atoms with van der Waals surface area (Å²) in [6.45, 7) is 3.90. The van der Waals surface area contributed by atoms with Gasteiger partial charge in [0.2, 0.25) is 0 Å². The van der Waals surface area contributed by atoms with Gasteiger partial charge in [-0.05, 0) is 54.5 Å². The summed E-state index contributed by atoms with van der Waals surface area (Å²) in [7, 11) is 5.27. The van der Waals surface area contributed by atoms with Crippen molar-refractivity contribution in [3.63, 3.8) is 0 Å². The number of rotatable bonds is 8. The van der Waals surface area contributed by atoms with Crippen molar-refractivity contribution in [3.05, 3.63) is 53.6 Å². The summed E-state index contributed by atoms with van der Waals surface area (Å²) < 4.78 is 16.1. The molecule has 0 bridgehead atoms. The minimum absolute atomic E-state index is 0.606. The Morgan fingerprint density at radius 3 is 2.31 bits per heavy atom. The van der Waals surface area contributed by atoms with Crippen LogP contribution in [-0.4, -0.2) is 37.9 Å². The third-order valence-electron chi connectivity index (χ3n) is 3.90. The average Bonchev–Trinajstić information content (AvgIpc) is 2.67. The number of hydrogen-bond donors (Lipinski definition) is 1. The molecule has 0 saturated carbocycles. The number of thiocarbonyl (C=S) groups is 1. The Kier molecular flexibility index (Phi) is 7.53. The molecular weight excluding hydrogens is 348 g/mol. The van der Waals surface area contributed by atoms with Crippen LogP contribution >= 0.6 is 12.2 Å². The Hall–Kier alpha value is -2.47. The second-order valence-electron chi connectivity index (χ2n) is 5.78. The molecule has 0 aliphatic rings. The Morgan fingerprint density at radius 2 is 1.69 bits per heavy atom. The molecule has 0 aliphatic heterocycles. The van der Waals surface area contributed by atoms with Crippen molar-refractivity contribution in [3.8, 4) is 17.2 Å². The molecule has 2 rings (SSSR count). The van der Waals surface area contributed by atoms with Gasteiger partial charge in [-0.15, -0.1) is 0 Å². The first-order chi connectivity index (χ1) is 12.6. The Labute approximate surface area is 160 Å². The Balaban J connectivity index is 1.91. The maximum atomic E-state index is 5.55. The third kappa shape index (κ3) is 5.52. The van der Waals surface area contributed by atoms with E-state index in [4.69, 9.17) is 26.4 Å². The van der Waals surface area contributed by atoms with Crippen LogP contribution in [0.15, 0.2) is 42.5 Å². The van der Waals surface area contributed by atoms with Gasteiger partial charge in [-0.3, -0.25) is 0 Å². The van der Waals surface area contributed by atoms with Gasteiger partial charge in [0.1, 0.15) is 5.75 Å². The zero-order valence-corrected chi connectivity index (χ0v) is 16.6. The van der Waals surface area contributed by atoms with Crippen LogP contribution in [-0.2, 0) is 13.1 Å². The van der Waals surface area contributed by atoms with E-state index in [1.165, 1.54) is 0 Å². The minimum atomic E-state index is 0.606. The molecule has 0 fully saturated rings. The number of ether oxygens (including phenoxy) is 3. The molecule has 0 aliphatic carbocycles. The fourth-order valence-electron chi connectivity index (χ4n) is 2.49. The van der Waals surface area contributed by atoms with Gasteiger partial charge in [0.25, 0.3) is 0 Å². The summed E-state index contributed by atoms with van der Waals surface area (Å²) in [5.74, 6) is 2.33. The summed E-state index contributed by atoms with van der Waals surface area (Å²) in [6.07, 6.45) is 0. The largest absolute Gasteiger partial charge is 0.497 e. The molecule has 1 N–H and O–H groups in total. The summed E-state index contributed by atoms with van der Waals surface area (Å²) in [5.41, 5.74) is 2.24. The lowest BCUT2D eigenvalue weighted by Gasteiger charge is -2.22. The van der Waals surface area contributed by atoms with Crippen LogP contribution < -0.4 is 19.5 Å². The van der Waals surface area contributed by atoms with Crippen molar-refractivity contribution >= 4 is 17.3 Å². The molecule has 6 heteroatoms. The number of nitrogens with zero attached hydrogens (tertiary/aromatic N) is 1. The first-order valence-electron chi connectivity index (χ1n) is 8.49. The highest BCUT2D eigenvalue weighted by atomic mass is 32.1. The van der Waals surface area contributed by atoms with Gasteiger partial charge in [-0.25, -0.2) is 0 Å². The van der Waals surface area contributed by atoms with Gasteiger partial charge in [-0.2, -0.15) is 0 Å². The minimum Gasteiger partial charge on any atom is -0.497 e. The summed E-state index contributed by atoms with van der Waals surface area (Å²) in [5, 5.41) is 3.97. The van der Waals surface area contributed by atoms with E-state index >= 15 is 0 Å². The smallest absolute Gasteiger partial charge is 0.169 e. The second-order valence-corrected chi connectivity index (χ2v) is 6.17. The predicted molar refractivity (Wildman–Crippen MR) is 108 cm³/mol. The van der Waals surface area contributed by atoms with E-state index in [0.717, 1.165) is 28.4 Å². The molecule has 0 amide bonds. The molecule has 0 heterocycles. The van der Waals surface area contributed by atoms with Crippen LogP contribution in [0.1, 0.15) is 18.1 Å². The van der Waals surface area contributed by atoms with E-state index in [-0.39, 0.29) is 0 Å². The number of methoxy groups -OCH3 is 2. The van der Waals surface area contributed by atoms with E-state index in [1.54, 1.807) is 14.2 Å². The predicted octanol–water partition coefficient (Wildman–Crippen LogP) is 3.61. The highest BCUT2D eigenvalue weighted by molar-refractivity contribution is 7.80. The van der Waals surface area contributed by atoms with E-state index < -0.39 is 0 Å². The Morgan fingerprint density at radius 1 is 1.00 bits per heavy atom. The lowest BCUT2D eigenvalue weighted by molar-refractivity contribution is 0.310. The fraction of sp³-hybridized carbons (Fsp3) is 0.350. The normalized spacial score (nSPS) is 10.2. The fourth-order valence-corrected chi connectivity index (χ4v) is 2.62. The van der Waals surface area contributed by atoms with Gasteiger partial charge < -0.3 is 24.4 Å². The zero-order chi connectivity index (χ0) is 18.9. The quantitative estimate of drug-likeness (QED) is 0.712. The first kappa shape index (κ1) is 19.8. The molecule has 0 radical (unpaired) electrons. The highest BCUT2D eigenvalue weighted by Gasteiger charge is 2.09. The number of hydrogen-bond acceptors (Lipinski definition) is 4. The topological polar surface area (TPSA) is 43.0 Å². The van der Waals surface area contributed by atoms with Gasteiger partial charge in [0, 0.05) is 20.1 Å². The summed E-state index contributed by atoms with van der Waals surface area (Å²) in [6, 6.07) is 13.9. The Bertz CT molecular complexity index is 719. The van der Waals surface area contributed by atoms with Crippen molar-refractivity contribution in [1.29, 1.82) is 0 Å². The maximum Gasteiger partial charge on any atom is 0.169 e. The molecule has 0 aromatic heterocycles. The van der Waals surface area contributed by atoms with Gasteiger partial charge in [0.05, 0.1) is 20.8 Å². The maximum absolute atomic E-state index is 5.55. The first-order valence-corrected chi connectivity index (χ1v) is 8.89. The monoisotopic (exact) mass is 374 g/mol. The van der Waals surface area contributed by atoms with Crippen LogP contribution in [0.3, 0.4) is 0 Å². The van der Waals surface area contributed by atoms with E-state index in [1.807, 2.05) is 61.3 Å². The highest BCUT2D eigenvalue weighted by Crippen LogP contribution is 2.28. The molecule has 2 aromatic carbocycles. The van der Waals surface area contributed by atoms with Crippen molar-refractivity contribution < 1.29 is 14.2 Å². The second kappa shape index (κ2) is 9.87. The summed E-state index contributed by atoms with van der Waals surface area (Å²) in [4.78, 5) is 1.99.